The number of halogens is 2. The number of hydrogen-bond donors (Lipinski definition) is 1. The van der Waals surface area contributed by atoms with Crippen LogP contribution in [0.2, 0.25) is 10.0 Å². The first-order valence-corrected chi connectivity index (χ1v) is 8.09. The maximum Gasteiger partial charge on any atom is 0.238 e. The van der Waals surface area contributed by atoms with Gasteiger partial charge < -0.3 is 14.8 Å². The largest absolute Gasteiger partial charge is 0.454 e. The lowest BCUT2D eigenvalue weighted by Crippen LogP contribution is -2.29. The van der Waals surface area contributed by atoms with Crippen molar-refractivity contribution >= 4 is 34.8 Å². The molecule has 2 aromatic carbocycles. The van der Waals surface area contributed by atoms with Gasteiger partial charge in [0.2, 0.25) is 12.7 Å². The predicted molar refractivity (Wildman–Crippen MR) is 94.0 cm³/mol. The molecule has 2 aromatic rings. The molecule has 0 unspecified atom stereocenters. The first-order chi connectivity index (χ1) is 11.5. The third-order valence-corrected chi connectivity index (χ3v) is 4.11. The summed E-state index contributed by atoms with van der Waals surface area (Å²) >= 11 is 12.2. The Kier molecular flexibility index (Phi) is 5.14. The molecular weight excluding hydrogens is 351 g/mol. The van der Waals surface area contributed by atoms with Gasteiger partial charge in [0.15, 0.2) is 11.5 Å². The van der Waals surface area contributed by atoms with Crippen molar-refractivity contribution in [3.63, 3.8) is 0 Å². The van der Waals surface area contributed by atoms with E-state index in [0.717, 1.165) is 5.56 Å². The van der Waals surface area contributed by atoms with Crippen molar-refractivity contribution in [2.75, 3.05) is 25.7 Å². The minimum Gasteiger partial charge on any atom is -0.454 e. The molecular formula is C17H16Cl2N2O3. The minimum absolute atomic E-state index is 0.141. The van der Waals surface area contributed by atoms with E-state index in [9.17, 15) is 4.79 Å². The lowest BCUT2D eigenvalue weighted by molar-refractivity contribution is -0.117. The number of anilines is 1. The number of nitrogens with one attached hydrogen (secondary N) is 1. The number of carbonyl (C=O) groups excluding carboxylic acids is 1. The zero-order valence-corrected chi connectivity index (χ0v) is 14.5. The van der Waals surface area contributed by atoms with E-state index in [1.807, 2.05) is 36.2 Å². The number of nitrogens with zero attached hydrogens (tertiary/aromatic N) is 1. The highest BCUT2D eigenvalue weighted by molar-refractivity contribution is 6.33. The molecule has 3 rings (SSSR count). The molecule has 24 heavy (non-hydrogen) atoms. The van der Waals surface area contributed by atoms with Gasteiger partial charge in [-0.05, 0) is 36.9 Å². The molecule has 0 radical (unpaired) electrons. The van der Waals surface area contributed by atoms with E-state index in [1.165, 1.54) is 0 Å². The quantitative estimate of drug-likeness (QED) is 0.874. The van der Waals surface area contributed by atoms with Crippen LogP contribution < -0.4 is 14.8 Å². The number of hydrogen-bond acceptors (Lipinski definition) is 4. The van der Waals surface area contributed by atoms with Gasteiger partial charge in [0, 0.05) is 6.54 Å². The number of benzene rings is 2. The molecule has 7 heteroatoms. The van der Waals surface area contributed by atoms with Crippen LogP contribution in [0.15, 0.2) is 36.4 Å². The van der Waals surface area contributed by atoms with Gasteiger partial charge in [-0.15, -0.1) is 0 Å². The highest BCUT2D eigenvalue weighted by atomic mass is 35.5. The second-order valence-electron chi connectivity index (χ2n) is 5.51. The Morgan fingerprint density at radius 1 is 1.21 bits per heavy atom. The van der Waals surface area contributed by atoms with E-state index >= 15 is 0 Å². The van der Waals surface area contributed by atoms with Crippen molar-refractivity contribution < 1.29 is 14.3 Å². The van der Waals surface area contributed by atoms with Gasteiger partial charge in [0.05, 0.1) is 22.3 Å². The molecule has 1 aliphatic rings. The zero-order chi connectivity index (χ0) is 17.1. The van der Waals surface area contributed by atoms with Crippen LogP contribution in [0.5, 0.6) is 11.5 Å². The van der Waals surface area contributed by atoms with Gasteiger partial charge in [0.1, 0.15) is 0 Å². The minimum atomic E-state index is -0.141. The number of fused-ring (bicyclic) bond motifs is 1. The van der Waals surface area contributed by atoms with Crippen molar-refractivity contribution in [1.29, 1.82) is 0 Å². The Labute approximate surface area is 150 Å². The lowest BCUT2D eigenvalue weighted by atomic mass is 10.2. The van der Waals surface area contributed by atoms with E-state index in [4.69, 9.17) is 32.7 Å². The molecule has 0 aromatic heterocycles. The van der Waals surface area contributed by atoms with Crippen LogP contribution in [0.1, 0.15) is 5.56 Å². The van der Waals surface area contributed by atoms with Crippen molar-refractivity contribution in [3.8, 4) is 11.5 Å². The molecule has 5 nitrogen and oxygen atoms in total. The number of ether oxygens (including phenoxy) is 2. The van der Waals surface area contributed by atoms with E-state index in [-0.39, 0.29) is 19.2 Å². The number of rotatable bonds is 5. The van der Waals surface area contributed by atoms with Gasteiger partial charge >= 0.3 is 0 Å². The number of amides is 1. The summed E-state index contributed by atoms with van der Waals surface area (Å²) in [7, 11) is 1.85. The molecule has 126 valence electrons. The third kappa shape index (κ3) is 3.93. The summed E-state index contributed by atoms with van der Waals surface area (Å²) in [5.41, 5.74) is 1.54. The molecule has 1 heterocycles. The third-order valence-electron chi connectivity index (χ3n) is 3.50. The van der Waals surface area contributed by atoms with Gasteiger partial charge in [-0.1, -0.05) is 35.3 Å². The number of carbonyl (C=O) groups is 1. The Bertz CT molecular complexity index is 767. The second-order valence-corrected chi connectivity index (χ2v) is 6.33. The average molecular weight is 367 g/mol. The Morgan fingerprint density at radius 2 is 2.00 bits per heavy atom. The Hall–Kier alpha value is -1.95. The molecule has 0 saturated carbocycles. The van der Waals surface area contributed by atoms with Crippen molar-refractivity contribution in [2.45, 2.75) is 6.54 Å². The summed E-state index contributed by atoms with van der Waals surface area (Å²) in [4.78, 5) is 14.0. The Balaban J connectivity index is 1.59. The van der Waals surface area contributed by atoms with E-state index in [2.05, 4.69) is 5.32 Å². The molecule has 0 saturated heterocycles. The first kappa shape index (κ1) is 16.9. The van der Waals surface area contributed by atoms with E-state index < -0.39 is 0 Å². The fraction of sp³-hybridized carbons (Fsp3) is 0.235. The molecule has 1 amide bonds. The second kappa shape index (κ2) is 7.30. The summed E-state index contributed by atoms with van der Waals surface area (Å²) in [5, 5.41) is 3.82. The first-order valence-electron chi connectivity index (χ1n) is 7.34. The number of para-hydroxylation sites is 1. The van der Waals surface area contributed by atoms with Gasteiger partial charge in [-0.25, -0.2) is 0 Å². The zero-order valence-electron chi connectivity index (χ0n) is 13.0. The maximum absolute atomic E-state index is 12.1. The van der Waals surface area contributed by atoms with Crippen LogP contribution in [0.4, 0.5) is 5.69 Å². The van der Waals surface area contributed by atoms with Gasteiger partial charge in [-0.3, -0.25) is 9.69 Å². The maximum atomic E-state index is 12.1. The van der Waals surface area contributed by atoms with Crippen LogP contribution in [-0.4, -0.2) is 31.2 Å². The highest BCUT2D eigenvalue weighted by Gasteiger charge is 2.19. The molecule has 1 aliphatic heterocycles. The normalized spacial score (nSPS) is 12.5. The predicted octanol–water partition coefficient (Wildman–Crippen LogP) is 3.79. The average Bonchev–Trinajstić information content (AvgIpc) is 2.98. The van der Waals surface area contributed by atoms with Crippen LogP contribution in [-0.2, 0) is 11.3 Å². The summed E-state index contributed by atoms with van der Waals surface area (Å²) < 4.78 is 10.6. The lowest BCUT2D eigenvalue weighted by Gasteiger charge is -2.17. The summed E-state index contributed by atoms with van der Waals surface area (Å²) in [6, 6.07) is 10.8. The molecule has 0 fully saturated rings. The van der Waals surface area contributed by atoms with Crippen molar-refractivity contribution in [2.24, 2.45) is 0 Å². The van der Waals surface area contributed by atoms with Gasteiger partial charge in [-0.2, -0.15) is 0 Å². The van der Waals surface area contributed by atoms with E-state index in [1.54, 1.807) is 12.1 Å². The van der Waals surface area contributed by atoms with E-state index in [0.29, 0.717) is 33.8 Å². The van der Waals surface area contributed by atoms with Crippen LogP contribution in [0.25, 0.3) is 0 Å². The molecule has 1 N–H and O–H groups in total. The molecule has 0 atom stereocenters. The van der Waals surface area contributed by atoms with Crippen molar-refractivity contribution in [3.05, 3.63) is 52.0 Å². The van der Waals surface area contributed by atoms with Crippen LogP contribution in [0.3, 0.4) is 0 Å². The van der Waals surface area contributed by atoms with Crippen LogP contribution >= 0.6 is 23.2 Å². The summed E-state index contributed by atoms with van der Waals surface area (Å²) in [6.07, 6.45) is 0. The molecule has 0 aliphatic carbocycles. The monoisotopic (exact) mass is 366 g/mol. The topological polar surface area (TPSA) is 50.8 Å². The number of likely N-dealkylation sites (N-methyl/N-ethyl adjacent to an activating group) is 1. The summed E-state index contributed by atoms with van der Waals surface area (Å²) in [6.45, 7) is 0.943. The van der Waals surface area contributed by atoms with Gasteiger partial charge in [0.25, 0.3) is 0 Å². The Morgan fingerprint density at radius 3 is 2.79 bits per heavy atom. The highest BCUT2D eigenvalue weighted by Crippen LogP contribution is 2.39. The molecule has 0 spiro atoms. The smallest absolute Gasteiger partial charge is 0.238 e. The fourth-order valence-corrected chi connectivity index (χ4v) is 2.95. The standard InChI is InChI=1S/C17H16Cl2N2O3/c1-21(9-16(22)20-14-5-3-2-4-12(14)18)8-11-6-13(19)17-15(7-11)23-10-24-17/h2-7H,8-10H2,1H3,(H,20,22). The van der Waals surface area contributed by atoms with Crippen molar-refractivity contribution in [1.82, 2.24) is 4.90 Å². The fourth-order valence-electron chi connectivity index (χ4n) is 2.48. The SMILES string of the molecule is CN(CC(=O)Nc1ccccc1Cl)Cc1cc(Cl)c2c(c1)OCO2. The molecule has 0 bridgehead atoms. The van der Waals surface area contributed by atoms with Crippen LogP contribution in [0, 0.1) is 0 Å². The summed E-state index contributed by atoms with van der Waals surface area (Å²) in [5.74, 6) is 1.06.